The topological polar surface area (TPSA) is 72.2 Å². The molecule has 0 aliphatic heterocycles. The van der Waals surface area contributed by atoms with Crippen molar-refractivity contribution >= 4 is 49.6 Å². The van der Waals surface area contributed by atoms with Crippen molar-refractivity contribution in [3.8, 4) is 0 Å². The number of nitro benzene ring substituents is 1. The molecule has 5 heteroatoms. The summed E-state index contributed by atoms with van der Waals surface area (Å²) in [7, 11) is 0. The number of nitrogens with zero attached hydrogens (tertiary/aromatic N) is 1. The number of rotatable bonds is 17. The van der Waals surface area contributed by atoms with Gasteiger partial charge in [0.2, 0.25) is 5.91 Å². The van der Waals surface area contributed by atoms with Crippen LogP contribution in [-0.4, -0.2) is 10.8 Å². The number of nitro groups is 1. The lowest BCUT2D eigenvalue weighted by molar-refractivity contribution is -0.383. The van der Waals surface area contributed by atoms with Gasteiger partial charge in [-0.2, -0.15) is 0 Å². The molecular weight excluding hydrogens is 484 g/mol. The average Bonchev–Trinajstić information content (AvgIpc) is 2.94. The summed E-state index contributed by atoms with van der Waals surface area (Å²) in [4.78, 5) is 24.0. The molecule has 206 valence electrons. The molecular formula is C34H42N2O3. The second-order valence-corrected chi connectivity index (χ2v) is 10.8. The van der Waals surface area contributed by atoms with Crippen LogP contribution >= 0.6 is 0 Å². The number of carbonyl (C=O) groups excluding carboxylic acids is 1. The van der Waals surface area contributed by atoms with E-state index in [-0.39, 0.29) is 16.5 Å². The maximum absolute atomic E-state index is 12.7. The van der Waals surface area contributed by atoms with Gasteiger partial charge in [0.15, 0.2) is 0 Å². The number of amides is 1. The third-order valence-corrected chi connectivity index (χ3v) is 7.78. The van der Waals surface area contributed by atoms with Crippen molar-refractivity contribution in [3.05, 3.63) is 70.8 Å². The number of allylic oxidation sites excluding steroid dienone is 2. The van der Waals surface area contributed by atoms with Gasteiger partial charge in [-0.15, -0.1) is 0 Å². The van der Waals surface area contributed by atoms with E-state index in [9.17, 15) is 14.9 Å². The van der Waals surface area contributed by atoms with Gasteiger partial charge in [-0.05, 0) is 66.5 Å². The van der Waals surface area contributed by atoms with Crippen LogP contribution in [0, 0.1) is 10.1 Å². The van der Waals surface area contributed by atoms with Crippen LogP contribution in [0.15, 0.2) is 60.7 Å². The van der Waals surface area contributed by atoms with Gasteiger partial charge in [0, 0.05) is 28.9 Å². The van der Waals surface area contributed by atoms with Crippen molar-refractivity contribution in [3.63, 3.8) is 0 Å². The molecule has 0 spiro atoms. The van der Waals surface area contributed by atoms with Crippen LogP contribution in [0.4, 0.5) is 11.4 Å². The predicted octanol–water partition coefficient (Wildman–Crippen LogP) is 10.5. The molecule has 1 N–H and O–H groups in total. The van der Waals surface area contributed by atoms with E-state index in [4.69, 9.17) is 0 Å². The van der Waals surface area contributed by atoms with Crippen LogP contribution in [0.3, 0.4) is 0 Å². The number of carbonyl (C=O) groups is 1. The fourth-order valence-corrected chi connectivity index (χ4v) is 5.62. The Balaban J connectivity index is 1.20. The number of unbranched alkanes of at least 4 members (excludes halogenated alkanes) is 11. The Labute approximate surface area is 232 Å². The summed E-state index contributed by atoms with van der Waals surface area (Å²) < 4.78 is 0. The van der Waals surface area contributed by atoms with E-state index >= 15 is 0 Å². The van der Waals surface area contributed by atoms with Gasteiger partial charge in [-0.3, -0.25) is 14.9 Å². The SMILES string of the molecule is CCCCCCCCC=CCCCCCCCC(=O)Nc1ccc2ccc3c([N+](=O)[O-])ccc4ccc1c2c43. The molecule has 0 fully saturated rings. The summed E-state index contributed by atoms with van der Waals surface area (Å²) in [5.74, 6) is 0.0219. The van der Waals surface area contributed by atoms with Crippen molar-refractivity contribution in [2.75, 3.05) is 5.32 Å². The first-order valence-corrected chi connectivity index (χ1v) is 14.9. The molecule has 4 rings (SSSR count). The average molecular weight is 527 g/mol. The van der Waals surface area contributed by atoms with Gasteiger partial charge in [0.25, 0.3) is 5.69 Å². The predicted molar refractivity (Wildman–Crippen MR) is 165 cm³/mol. The van der Waals surface area contributed by atoms with Crippen molar-refractivity contribution in [1.29, 1.82) is 0 Å². The van der Waals surface area contributed by atoms with Crippen LogP contribution in [0.5, 0.6) is 0 Å². The maximum Gasteiger partial charge on any atom is 0.277 e. The van der Waals surface area contributed by atoms with Crippen LogP contribution in [0.25, 0.3) is 32.3 Å². The highest BCUT2D eigenvalue weighted by Gasteiger charge is 2.18. The number of hydrogen-bond acceptors (Lipinski definition) is 3. The van der Waals surface area contributed by atoms with Gasteiger partial charge in [-0.1, -0.05) is 94.7 Å². The monoisotopic (exact) mass is 526 g/mol. The smallest absolute Gasteiger partial charge is 0.277 e. The Morgan fingerprint density at radius 3 is 1.92 bits per heavy atom. The van der Waals surface area contributed by atoms with Gasteiger partial charge in [-0.25, -0.2) is 0 Å². The highest BCUT2D eigenvalue weighted by Crippen LogP contribution is 2.40. The third-order valence-electron chi connectivity index (χ3n) is 7.78. The zero-order valence-electron chi connectivity index (χ0n) is 23.3. The summed E-state index contributed by atoms with van der Waals surface area (Å²) in [6.45, 7) is 2.26. The summed E-state index contributed by atoms with van der Waals surface area (Å²) >= 11 is 0. The molecule has 0 saturated heterocycles. The number of hydrogen-bond donors (Lipinski definition) is 1. The number of anilines is 1. The molecule has 39 heavy (non-hydrogen) atoms. The molecule has 0 unspecified atom stereocenters. The Morgan fingerprint density at radius 2 is 1.26 bits per heavy atom. The molecule has 0 saturated carbocycles. The molecule has 0 radical (unpaired) electrons. The van der Waals surface area contributed by atoms with Crippen LogP contribution < -0.4 is 5.32 Å². The highest BCUT2D eigenvalue weighted by molar-refractivity contribution is 6.27. The van der Waals surface area contributed by atoms with Crippen molar-refractivity contribution in [2.24, 2.45) is 0 Å². The zero-order chi connectivity index (χ0) is 27.5. The minimum Gasteiger partial charge on any atom is -0.326 e. The Hall–Kier alpha value is -3.47. The zero-order valence-corrected chi connectivity index (χ0v) is 23.3. The minimum absolute atomic E-state index is 0.0219. The van der Waals surface area contributed by atoms with E-state index in [0.29, 0.717) is 11.8 Å². The van der Waals surface area contributed by atoms with Gasteiger partial charge in [0.1, 0.15) is 0 Å². The summed E-state index contributed by atoms with van der Waals surface area (Å²) in [6.07, 6.45) is 21.3. The largest absolute Gasteiger partial charge is 0.326 e. The number of nitrogens with one attached hydrogen (secondary N) is 1. The maximum atomic E-state index is 12.7. The Bertz CT molecular complexity index is 1410. The molecule has 4 aromatic carbocycles. The van der Waals surface area contributed by atoms with Crippen LogP contribution in [0.2, 0.25) is 0 Å². The van der Waals surface area contributed by atoms with E-state index in [2.05, 4.69) is 24.4 Å². The molecule has 0 heterocycles. The number of benzene rings is 4. The van der Waals surface area contributed by atoms with Gasteiger partial charge < -0.3 is 5.32 Å². The first-order chi connectivity index (χ1) is 19.1. The molecule has 5 nitrogen and oxygen atoms in total. The second kappa shape index (κ2) is 14.6. The quantitative estimate of drug-likeness (QED) is 0.0489. The fourth-order valence-electron chi connectivity index (χ4n) is 5.62. The van der Waals surface area contributed by atoms with Crippen LogP contribution in [-0.2, 0) is 4.79 Å². The third kappa shape index (κ3) is 7.56. The second-order valence-electron chi connectivity index (χ2n) is 10.8. The Morgan fingerprint density at radius 1 is 0.718 bits per heavy atom. The molecule has 1 amide bonds. The van der Waals surface area contributed by atoms with E-state index < -0.39 is 0 Å². The van der Waals surface area contributed by atoms with E-state index in [1.165, 1.54) is 57.8 Å². The summed E-state index contributed by atoms with van der Waals surface area (Å²) in [5, 5.41) is 20.1. The molecule has 0 atom stereocenters. The first-order valence-electron chi connectivity index (χ1n) is 14.9. The summed E-state index contributed by atoms with van der Waals surface area (Å²) in [6, 6.07) is 15.0. The standard InChI is InChI=1S/C34H42N2O3/c1-2-3-4-5-6-7-8-9-10-11-12-13-14-15-16-17-32(37)35-30-24-20-26-19-23-29-31(36(38)39)25-21-27-18-22-28(30)33(26)34(27)29/h9-10,18-25H,2-8,11-17H2,1H3,(H,35,37). The summed E-state index contributed by atoms with van der Waals surface area (Å²) in [5.41, 5.74) is 0.872. The van der Waals surface area contributed by atoms with Crippen molar-refractivity contribution in [1.82, 2.24) is 0 Å². The van der Waals surface area contributed by atoms with Crippen molar-refractivity contribution in [2.45, 2.75) is 96.8 Å². The normalized spacial score (nSPS) is 11.8. The lowest BCUT2D eigenvalue weighted by Gasteiger charge is -2.14. The lowest BCUT2D eigenvalue weighted by Crippen LogP contribution is -2.11. The Kier molecular flexibility index (Phi) is 10.7. The molecule has 0 aliphatic carbocycles. The molecule has 0 aliphatic rings. The van der Waals surface area contributed by atoms with E-state index in [0.717, 1.165) is 58.3 Å². The van der Waals surface area contributed by atoms with Gasteiger partial charge >= 0.3 is 0 Å². The van der Waals surface area contributed by atoms with Crippen molar-refractivity contribution < 1.29 is 9.72 Å². The van der Waals surface area contributed by atoms with E-state index in [1.807, 2.05) is 36.4 Å². The highest BCUT2D eigenvalue weighted by atomic mass is 16.6. The molecule has 0 aromatic heterocycles. The van der Waals surface area contributed by atoms with Gasteiger partial charge in [0.05, 0.1) is 10.3 Å². The van der Waals surface area contributed by atoms with Crippen LogP contribution in [0.1, 0.15) is 96.8 Å². The molecule has 4 aromatic rings. The minimum atomic E-state index is -0.331. The van der Waals surface area contributed by atoms with E-state index in [1.54, 1.807) is 12.1 Å². The fraction of sp³-hybridized carbons (Fsp3) is 0.441. The number of non-ortho nitro benzene ring substituents is 1. The lowest BCUT2D eigenvalue weighted by atomic mass is 9.92. The molecule has 0 bridgehead atoms. The first kappa shape index (κ1) is 28.5.